The van der Waals surface area contributed by atoms with Gasteiger partial charge in [-0.15, -0.1) is 0 Å². The number of nitrogens with one attached hydrogen (secondary N) is 1. The Morgan fingerprint density at radius 1 is 1.12 bits per heavy atom. The molecule has 0 atom stereocenters. The molecule has 0 aliphatic carbocycles. The first-order valence-electron chi connectivity index (χ1n) is 10.5. The number of rotatable bonds is 9. The van der Waals surface area contributed by atoms with Crippen molar-refractivity contribution in [1.82, 2.24) is 4.90 Å². The number of methoxy groups -OCH3 is 1. The van der Waals surface area contributed by atoms with Gasteiger partial charge in [-0.25, -0.2) is 0 Å². The minimum Gasteiger partial charge on any atom is -0.497 e. The van der Waals surface area contributed by atoms with E-state index in [9.17, 15) is 22.8 Å². The van der Waals surface area contributed by atoms with Crippen LogP contribution in [0.2, 0.25) is 0 Å². The number of ether oxygens (including phenoxy) is 1. The lowest BCUT2D eigenvalue weighted by molar-refractivity contribution is -0.137. The van der Waals surface area contributed by atoms with Crippen molar-refractivity contribution in [3.63, 3.8) is 0 Å². The quantitative estimate of drug-likeness (QED) is 0.251. The minimum absolute atomic E-state index is 0.0853. The average Bonchev–Trinajstić information content (AvgIpc) is 3.06. The lowest BCUT2D eigenvalue weighted by Gasteiger charge is -2.14. The first-order valence-corrected chi connectivity index (χ1v) is 11.8. The van der Waals surface area contributed by atoms with Crippen LogP contribution in [-0.4, -0.2) is 34.7 Å². The van der Waals surface area contributed by atoms with Crippen molar-refractivity contribution in [3.05, 3.63) is 64.6 Å². The van der Waals surface area contributed by atoms with Crippen LogP contribution in [0.4, 0.5) is 18.9 Å². The summed E-state index contributed by atoms with van der Waals surface area (Å²) in [5.74, 6) is 0.0833. The standard InChI is InChI=1S/C24H23F3N2O3S2/c1-32-17-12-10-16(11-13-17)15-20-22(31)29(23(33)34-20)14-6-2-3-9-21(30)28-19-8-5-4-7-18(19)24(25,26)27/h4-5,7-8,10-13,15H,2-3,6,9,14H2,1H3,(H,28,30). The van der Waals surface area contributed by atoms with Crippen molar-refractivity contribution in [1.29, 1.82) is 0 Å². The molecule has 0 radical (unpaired) electrons. The Bertz CT molecular complexity index is 1090. The number of halogens is 3. The molecule has 3 rings (SSSR count). The summed E-state index contributed by atoms with van der Waals surface area (Å²) < 4.78 is 44.7. The fourth-order valence-corrected chi connectivity index (χ4v) is 4.64. The number of para-hydroxylation sites is 1. The van der Waals surface area contributed by atoms with Gasteiger partial charge < -0.3 is 10.1 Å². The Labute approximate surface area is 205 Å². The predicted molar refractivity (Wildman–Crippen MR) is 131 cm³/mol. The van der Waals surface area contributed by atoms with Crippen LogP contribution in [0.1, 0.15) is 36.8 Å². The van der Waals surface area contributed by atoms with Crippen LogP contribution in [0.15, 0.2) is 53.4 Å². The largest absolute Gasteiger partial charge is 0.497 e. The highest BCUT2D eigenvalue weighted by atomic mass is 32.2. The molecule has 0 spiro atoms. The Morgan fingerprint density at radius 2 is 1.82 bits per heavy atom. The number of nitrogens with zero attached hydrogens (tertiary/aromatic N) is 1. The highest BCUT2D eigenvalue weighted by Gasteiger charge is 2.33. The molecule has 10 heteroatoms. The second-order valence-corrected chi connectivity index (χ2v) is 9.18. The van der Waals surface area contributed by atoms with E-state index in [0.29, 0.717) is 35.0 Å². The van der Waals surface area contributed by atoms with E-state index in [-0.39, 0.29) is 18.0 Å². The summed E-state index contributed by atoms with van der Waals surface area (Å²) in [6, 6.07) is 12.2. The highest BCUT2D eigenvalue weighted by Crippen LogP contribution is 2.35. The van der Waals surface area contributed by atoms with Gasteiger partial charge in [0.15, 0.2) is 0 Å². The van der Waals surface area contributed by atoms with Gasteiger partial charge in [0.1, 0.15) is 10.1 Å². The fourth-order valence-electron chi connectivity index (χ4n) is 3.33. The van der Waals surface area contributed by atoms with Crippen LogP contribution in [0, 0.1) is 0 Å². The molecule has 1 aliphatic rings. The van der Waals surface area contributed by atoms with E-state index >= 15 is 0 Å². The Morgan fingerprint density at radius 3 is 2.50 bits per heavy atom. The molecule has 0 saturated carbocycles. The summed E-state index contributed by atoms with van der Waals surface area (Å²) in [7, 11) is 1.58. The molecule has 2 aromatic rings. The third kappa shape index (κ3) is 6.83. The Kier molecular flexibility index (Phi) is 8.73. The van der Waals surface area contributed by atoms with Gasteiger partial charge >= 0.3 is 6.18 Å². The molecular weight excluding hydrogens is 485 g/mol. The number of unbranched alkanes of at least 4 members (excludes halogenated alkanes) is 2. The van der Waals surface area contributed by atoms with Crippen molar-refractivity contribution < 1.29 is 27.5 Å². The number of carbonyl (C=O) groups excluding carboxylic acids is 2. The highest BCUT2D eigenvalue weighted by molar-refractivity contribution is 8.26. The van der Waals surface area contributed by atoms with Crippen molar-refractivity contribution >= 4 is 51.9 Å². The second kappa shape index (κ2) is 11.5. The number of thiocarbonyl (C=S) groups is 1. The van der Waals surface area contributed by atoms with Gasteiger partial charge in [-0.05, 0) is 48.7 Å². The van der Waals surface area contributed by atoms with E-state index in [1.165, 1.54) is 34.9 Å². The van der Waals surface area contributed by atoms with Crippen LogP contribution in [-0.2, 0) is 15.8 Å². The van der Waals surface area contributed by atoms with Gasteiger partial charge in [0.05, 0.1) is 23.3 Å². The molecule has 1 aliphatic heterocycles. The van der Waals surface area contributed by atoms with E-state index in [1.54, 1.807) is 13.2 Å². The zero-order valence-electron chi connectivity index (χ0n) is 18.4. The third-order valence-electron chi connectivity index (χ3n) is 5.08. The summed E-state index contributed by atoms with van der Waals surface area (Å²) >= 11 is 6.58. The summed E-state index contributed by atoms with van der Waals surface area (Å²) in [6.07, 6.45) is -0.943. The maximum absolute atomic E-state index is 13.0. The molecule has 0 aromatic heterocycles. The van der Waals surface area contributed by atoms with Gasteiger partial charge in [-0.2, -0.15) is 13.2 Å². The number of thioether (sulfide) groups is 1. The number of carbonyl (C=O) groups is 2. The molecule has 1 N–H and O–H groups in total. The molecular formula is C24H23F3N2O3S2. The Hall–Kier alpha value is -2.85. The van der Waals surface area contributed by atoms with E-state index in [1.807, 2.05) is 24.3 Å². The summed E-state index contributed by atoms with van der Waals surface area (Å²) in [6.45, 7) is 0.420. The molecule has 1 saturated heterocycles. The first kappa shape index (κ1) is 25.8. The SMILES string of the molecule is COc1ccc(C=C2SC(=S)N(CCCCCC(=O)Nc3ccccc3C(F)(F)F)C2=O)cc1. The molecule has 34 heavy (non-hydrogen) atoms. The van der Waals surface area contributed by atoms with Crippen molar-refractivity contribution in [2.45, 2.75) is 31.9 Å². The number of hydrogen-bond acceptors (Lipinski definition) is 5. The van der Waals surface area contributed by atoms with E-state index in [0.717, 1.165) is 17.4 Å². The monoisotopic (exact) mass is 508 g/mol. The number of alkyl halides is 3. The zero-order valence-corrected chi connectivity index (χ0v) is 20.0. The predicted octanol–water partition coefficient (Wildman–Crippen LogP) is 6.11. The molecule has 0 bridgehead atoms. The Balaban J connectivity index is 1.44. The lowest BCUT2D eigenvalue weighted by Crippen LogP contribution is -2.29. The topological polar surface area (TPSA) is 58.6 Å². The number of anilines is 1. The smallest absolute Gasteiger partial charge is 0.418 e. The van der Waals surface area contributed by atoms with Crippen molar-refractivity contribution in [3.8, 4) is 5.75 Å². The molecule has 5 nitrogen and oxygen atoms in total. The van der Waals surface area contributed by atoms with Gasteiger partial charge in [0, 0.05) is 13.0 Å². The molecule has 0 unspecified atom stereocenters. The second-order valence-electron chi connectivity index (χ2n) is 7.51. The number of hydrogen-bond donors (Lipinski definition) is 1. The van der Waals surface area contributed by atoms with Crippen LogP contribution in [0.3, 0.4) is 0 Å². The summed E-state index contributed by atoms with van der Waals surface area (Å²) in [5.41, 5.74) is -0.263. The maximum Gasteiger partial charge on any atom is 0.418 e. The molecule has 180 valence electrons. The number of benzene rings is 2. The molecule has 2 aromatic carbocycles. The van der Waals surface area contributed by atoms with Crippen LogP contribution >= 0.6 is 24.0 Å². The van der Waals surface area contributed by atoms with Gasteiger partial charge in [0.2, 0.25) is 5.91 Å². The van der Waals surface area contributed by atoms with E-state index < -0.39 is 17.6 Å². The first-order chi connectivity index (χ1) is 16.2. The maximum atomic E-state index is 13.0. The fraction of sp³-hybridized carbons (Fsp3) is 0.292. The average molecular weight is 509 g/mol. The summed E-state index contributed by atoms with van der Waals surface area (Å²) in [5, 5.41) is 2.34. The molecule has 1 heterocycles. The third-order valence-corrected chi connectivity index (χ3v) is 6.46. The van der Waals surface area contributed by atoms with Crippen molar-refractivity contribution in [2.75, 3.05) is 19.0 Å². The van der Waals surface area contributed by atoms with Gasteiger partial charge in [-0.1, -0.05) is 54.7 Å². The normalized spacial score (nSPS) is 15.2. The summed E-state index contributed by atoms with van der Waals surface area (Å²) in [4.78, 5) is 26.9. The number of amides is 2. The van der Waals surface area contributed by atoms with Crippen LogP contribution < -0.4 is 10.1 Å². The lowest BCUT2D eigenvalue weighted by atomic mass is 10.1. The van der Waals surface area contributed by atoms with Gasteiger partial charge in [-0.3, -0.25) is 14.5 Å². The van der Waals surface area contributed by atoms with Crippen LogP contribution in [0.5, 0.6) is 5.75 Å². The van der Waals surface area contributed by atoms with E-state index in [4.69, 9.17) is 17.0 Å². The molecule has 1 fully saturated rings. The van der Waals surface area contributed by atoms with Crippen LogP contribution in [0.25, 0.3) is 6.08 Å². The molecule has 2 amide bonds. The van der Waals surface area contributed by atoms with Crippen molar-refractivity contribution in [2.24, 2.45) is 0 Å². The minimum atomic E-state index is -4.54. The zero-order chi connectivity index (χ0) is 24.7. The van der Waals surface area contributed by atoms with Gasteiger partial charge in [0.25, 0.3) is 5.91 Å². The van der Waals surface area contributed by atoms with E-state index in [2.05, 4.69) is 5.32 Å².